The zero-order chi connectivity index (χ0) is 14.7. The topological polar surface area (TPSA) is 62.3 Å². The first-order chi connectivity index (χ1) is 9.54. The van der Waals surface area contributed by atoms with E-state index < -0.39 is 6.04 Å². The minimum atomic E-state index is -0.416. The second kappa shape index (κ2) is 6.03. The van der Waals surface area contributed by atoms with E-state index >= 15 is 0 Å². The summed E-state index contributed by atoms with van der Waals surface area (Å²) in [6.45, 7) is 6.05. The first-order valence-corrected chi connectivity index (χ1v) is 7.04. The van der Waals surface area contributed by atoms with Crippen LogP contribution in [0.1, 0.15) is 38.8 Å². The molecule has 0 radical (unpaired) electrons. The molecule has 3 unspecified atom stereocenters. The van der Waals surface area contributed by atoms with Crippen LogP contribution in [0, 0.1) is 5.92 Å². The first kappa shape index (κ1) is 14.5. The van der Waals surface area contributed by atoms with Gasteiger partial charge in [0, 0.05) is 12.4 Å². The van der Waals surface area contributed by atoms with Crippen LogP contribution in [0.25, 0.3) is 0 Å². The Morgan fingerprint density at radius 2 is 2.20 bits per heavy atom. The van der Waals surface area contributed by atoms with Gasteiger partial charge >= 0.3 is 0 Å². The van der Waals surface area contributed by atoms with Crippen molar-refractivity contribution in [1.82, 2.24) is 15.2 Å². The summed E-state index contributed by atoms with van der Waals surface area (Å²) in [7, 11) is 0. The Kier molecular flexibility index (Phi) is 4.37. The Hall–Kier alpha value is -1.91. The van der Waals surface area contributed by atoms with E-state index in [0.29, 0.717) is 0 Å². The number of pyridine rings is 1. The third-order valence-electron chi connectivity index (χ3n) is 4.03. The number of rotatable bonds is 4. The zero-order valence-corrected chi connectivity index (χ0v) is 12.2. The maximum Gasteiger partial charge on any atom is 0.246 e. The van der Waals surface area contributed by atoms with Crippen LogP contribution in [0.5, 0.6) is 0 Å². The lowest BCUT2D eigenvalue weighted by Gasteiger charge is -2.38. The molecule has 0 bridgehead atoms. The molecule has 5 nitrogen and oxygen atoms in total. The van der Waals surface area contributed by atoms with E-state index in [-0.39, 0.29) is 30.3 Å². The summed E-state index contributed by atoms with van der Waals surface area (Å²) in [5.41, 5.74) is 0.943. The average molecular weight is 275 g/mol. The molecule has 0 saturated carbocycles. The quantitative estimate of drug-likeness (QED) is 0.906. The second-order valence-electron chi connectivity index (χ2n) is 5.36. The minimum absolute atomic E-state index is 0.00435. The van der Waals surface area contributed by atoms with Crippen LogP contribution >= 0.6 is 0 Å². The van der Waals surface area contributed by atoms with E-state index in [4.69, 9.17) is 0 Å². The molecule has 1 saturated heterocycles. The molecule has 0 aliphatic carbocycles. The number of nitrogens with zero attached hydrogens (tertiary/aromatic N) is 2. The molecule has 1 aromatic heterocycles. The predicted molar refractivity (Wildman–Crippen MR) is 75.8 cm³/mol. The highest BCUT2D eigenvalue weighted by Gasteiger charge is 2.37. The number of carbonyl (C=O) groups excluding carboxylic acids is 2. The van der Waals surface area contributed by atoms with E-state index in [1.54, 1.807) is 17.3 Å². The molecular weight excluding hydrogens is 254 g/mol. The largest absolute Gasteiger partial charge is 0.342 e. The van der Waals surface area contributed by atoms with Crippen molar-refractivity contribution >= 4 is 11.8 Å². The molecule has 2 heterocycles. The van der Waals surface area contributed by atoms with Gasteiger partial charge in [-0.25, -0.2) is 0 Å². The highest BCUT2D eigenvalue weighted by atomic mass is 16.2. The highest BCUT2D eigenvalue weighted by Crippen LogP contribution is 2.24. The fourth-order valence-corrected chi connectivity index (χ4v) is 2.44. The van der Waals surface area contributed by atoms with Crippen LogP contribution in [0.2, 0.25) is 0 Å². The summed E-state index contributed by atoms with van der Waals surface area (Å²) in [5.74, 6) is 0.0382. The van der Waals surface area contributed by atoms with Crippen molar-refractivity contribution in [2.45, 2.75) is 39.3 Å². The van der Waals surface area contributed by atoms with Crippen LogP contribution in [0.15, 0.2) is 24.5 Å². The Morgan fingerprint density at radius 1 is 1.45 bits per heavy atom. The van der Waals surface area contributed by atoms with Gasteiger partial charge in [0.15, 0.2) is 0 Å². The maximum absolute atomic E-state index is 12.6. The molecule has 20 heavy (non-hydrogen) atoms. The average Bonchev–Trinajstić information content (AvgIpc) is 2.48. The van der Waals surface area contributed by atoms with Gasteiger partial charge in [-0.05, 0) is 24.5 Å². The lowest BCUT2D eigenvalue weighted by molar-refractivity contribution is -0.148. The third-order valence-corrected chi connectivity index (χ3v) is 4.03. The number of piperazine rings is 1. The summed E-state index contributed by atoms with van der Waals surface area (Å²) in [6.07, 6.45) is 4.29. The Bertz CT molecular complexity index is 489. The number of carbonyl (C=O) groups is 2. The maximum atomic E-state index is 12.6. The normalized spacial score (nSPS) is 22.4. The van der Waals surface area contributed by atoms with Gasteiger partial charge in [0.05, 0.1) is 6.04 Å². The van der Waals surface area contributed by atoms with Crippen molar-refractivity contribution in [2.75, 3.05) is 6.54 Å². The number of hydrogen-bond acceptors (Lipinski definition) is 3. The van der Waals surface area contributed by atoms with Gasteiger partial charge in [-0.2, -0.15) is 0 Å². The summed E-state index contributed by atoms with van der Waals surface area (Å²) in [5, 5.41) is 2.81. The molecule has 5 heteroatoms. The van der Waals surface area contributed by atoms with Gasteiger partial charge in [-0.3, -0.25) is 14.6 Å². The fraction of sp³-hybridized carbons (Fsp3) is 0.533. The van der Waals surface area contributed by atoms with Crippen LogP contribution in [-0.4, -0.2) is 34.3 Å². The van der Waals surface area contributed by atoms with Gasteiger partial charge in [-0.1, -0.05) is 26.3 Å². The van der Waals surface area contributed by atoms with E-state index in [9.17, 15) is 9.59 Å². The number of amides is 2. The van der Waals surface area contributed by atoms with Gasteiger partial charge in [-0.15, -0.1) is 0 Å². The van der Waals surface area contributed by atoms with Crippen molar-refractivity contribution in [1.29, 1.82) is 0 Å². The molecule has 2 amide bonds. The van der Waals surface area contributed by atoms with Crippen molar-refractivity contribution in [3.8, 4) is 0 Å². The molecule has 1 N–H and O–H groups in total. The summed E-state index contributed by atoms with van der Waals surface area (Å²) in [6, 6.07) is 3.21. The van der Waals surface area contributed by atoms with Crippen molar-refractivity contribution in [3.05, 3.63) is 30.1 Å². The van der Waals surface area contributed by atoms with E-state index in [2.05, 4.69) is 10.3 Å². The van der Waals surface area contributed by atoms with Crippen LogP contribution < -0.4 is 5.32 Å². The van der Waals surface area contributed by atoms with Gasteiger partial charge in [0.1, 0.15) is 12.6 Å². The zero-order valence-electron chi connectivity index (χ0n) is 12.2. The van der Waals surface area contributed by atoms with E-state index in [1.165, 1.54) is 0 Å². The first-order valence-electron chi connectivity index (χ1n) is 7.04. The van der Waals surface area contributed by atoms with Crippen LogP contribution in [0.3, 0.4) is 0 Å². The lowest BCUT2D eigenvalue weighted by Crippen LogP contribution is -2.60. The summed E-state index contributed by atoms with van der Waals surface area (Å²) < 4.78 is 0. The molecule has 1 aromatic rings. The van der Waals surface area contributed by atoms with Crippen molar-refractivity contribution in [3.63, 3.8) is 0 Å². The molecule has 1 aliphatic rings. The monoisotopic (exact) mass is 275 g/mol. The summed E-state index contributed by atoms with van der Waals surface area (Å²) >= 11 is 0. The molecule has 1 aliphatic heterocycles. The van der Waals surface area contributed by atoms with Crippen molar-refractivity contribution in [2.24, 2.45) is 5.92 Å². The van der Waals surface area contributed by atoms with Crippen LogP contribution in [-0.2, 0) is 9.59 Å². The van der Waals surface area contributed by atoms with Gasteiger partial charge in [0.25, 0.3) is 0 Å². The van der Waals surface area contributed by atoms with Crippen molar-refractivity contribution < 1.29 is 9.59 Å². The second-order valence-corrected chi connectivity index (χ2v) is 5.36. The number of nitrogens with one attached hydrogen (secondary N) is 1. The molecule has 0 aromatic carbocycles. The van der Waals surface area contributed by atoms with E-state index in [0.717, 1.165) is 12.0 Å². The number of aromatic nitrogens is 1. The molecule has 3 atom stereocenters. The molecule has 2 rings (SSSR count). The van der Waals surface area contributed by atoms with Gasteiger partial charge < -0.3 is 10.2 Å². The Balaban J connectivity index is 2.22. The highest BCUT2D eigenvalue weighted by molar-refractivity contribution is 5.95. The molecule has 108 valence electrons. The fourth-order valence-electron chi connectivity index (χ4n) is 2.44. The van der Waals surface area contributed by atoms with Crippen LogP contribution in [0.4, 0.5) is 0 Å². The Morgan fingerprint density at radius 3 is 2.80 bits per heavy atom. The minimum Gasteiger partial charge on any atom is -0.342 e. The third kappa shape index (κ3) is 2.81. The standard InChI is InChI=1S/C15H21N3O2/c1-4-10(2)14-15(20)18(9-13(19)17-14)11(3)12-6-5-7-16-8-12/h5-8,10-11,14H,4,9H2,1-3H3,(H,17,19). The Labute approximate surface area is 119 Å². The summed E-state index contributed by atoms with van der Waals surface area (Å²) in [4.78, 5) is 30.2. The predicted octanol–water partition coefficient (Wildman–Crippen LogP) is 1.52. The number of hydrogen-bond donors (Lipinski definition) is 1. The molecule has 0 spiro atoms. The smallest absolute Gasteiger partial charge is 0.246 e. The lowest BCUT2D eigenvalue weighted by atomic mass is 9.95. The molecule has 1 fully saturated rings. The van der Waals surface area contributed by atoms with E-state index in [1.807, 2.05) is 32.9 Å². The SMILES string of the molecule is CCC(C)C1NC(=O)CN(C(C)c2cccnc2)C1=O. The molecular formula is C15H21N3O2. The van der Waals surface area contributed by atoms with Gasteiger partial charge in [0.2, 0.25) is 11.8 Å².